The lowest BCUT2D eigenvalue weighted by molar-refractivity contribution is -0.213. The first-order valence-corrected chi connectivity index (χ1v) is 13.5. The first kappa shape index (κ1) is 25.2. The average Bonchev–Trinajstić information content (AvgIpc) is 3.12. The summed E-state index contributed by atoms with van der Waals surface area (Å²) in [5.41, 5.74) is -1.49. The van der Waals surface area contributed by atoms with E-state index in [1.54, 1.807) is 0 Å². The Hall–Kier alpha value is -0.940. The smallest absolute Gasteiger partial charge is 0.308 e. The molecular weight excluding hydrogens is 416 g/mol. The van der Waals surface area contributed by atoms with Crippen LogP contribution in [0.1, 0.15) is 98.3 Å². The molecule has 4 aliphatic carbocycles. The zero-order chi connectivity index (χ0) is 24.2. The van der Waals surface area contributed by atoms with Crippen LogP contribution in [0.15, 0.2) is 0 Å². The van der Waals surface area contributed by atoms with Crippen LogP contribution in [-0.2, 0) is 14.3 Å². The fraction of sp³-hybridized carbons (Fsp3) is 0.929. The van der Waals surface area contributed by atoms with Crippen LogP contribution in [0.2, 0.25) is 0 Å². The Bertz CT molecular complexity index is 765. The zero-order valence-electron chi connectivity index (χ0n) is 21.4. The molecule has 0 heterocycles. The summed E-state index contributed by atoms with van der Waals surface area (Å²) in [6.45, 7) is 8.98. The Labute approximate surface area is 200 Å². The van der Waals surface area contributed by atoms with Gasteiger partial charge in [-0.1, -0.05) is 40.5 Å². The van der Waals surface area contributed by atoms with E-state index in [0.717, 1.165) is 32.1 Å². The molecule has 4 rings (SSSR count). The molecule has 0 aromatic carbocycles. The molecule has 0 aliphatic heterocycles. The van der Waals surface area contributed by atoms with Crippen molar-refractivity contribution in [2.75, 3.05) is 7.11 Å². The van der Waals surface area contributed by atoms with Gasteiger partial charge in [-0.3, -0.25) is 9.59 Å². The van der Waals surface area contributed by atoms with Crippen molar-refractivity contribution in [2.45, 2.75) is 110 Å². The van der Waals surface area contributed by atoms with E-state index >= 15 is 0 Å². The lowest BCUT2D eigenvalue weighted by Gasteiger charge is -2.63. The summed E-state index contributed by atoms with van der Waals surface area (Å²) in [4.78, 5) is 25.1. The highest BCUT2D eigenvalue weighted by Crippen LogP contribution is 2.68. The van der Waals surface area contributed by atoms with Crippen molar-refractivity contribution in [2.24, 2.45) is 46.3 Å². The molecule has 2 N–H and O–H groups in total. The van der Waals surface area contributed by atoms with Crippen LogP contribution in [0, 0.1) is 46.3 Å². The minimum atomic E-state index is -1.35. The molecule has 0 aromatic heterocycles. The number of rotatable bonds is 6. The summed E-state index contributed by atoms with van der Waals surface area (Å²) < 4.78 is 4.88. The summed E-state index contributed by atoms with van der Waals surface area (Å²) in [6, 6.07) is 0. The van der Waals surface area contributed by atoms with E-state index < -0.39 is 17.1 Å². The first-order chi connectivity index (χ1) is 15.5. The molecule has 0 amide bonds. The summed E-state index contributed by atoms with van der Waals surface area (Å²) >= 11 is 0. The molecule has 0 saturated heterocycles. The van der Waals surface area contributed by atoms with E-state index in [-0.39, 0.29) is 29.5 Å². The fourth-order valence-corrected chi connectivity index (χ4v) is 9.26. The summed E-state index contributed by atoms with van der Waals surface area (Å²) in [5.74, 6) is 2.41. The number of esters is 1. The Kier molecular flexibility index (Phi) is 6.81. The van der Waals surface area contributed by atoms with Gasteiger partial charge < -0.3 is 14.9 Å². The van der Waals surface area contributed by atoms with Crippen molar-refractivity contribution in [1.82, 2.24) is 0 Å². The number of ether oxygens (including phenoxy) is 1. The molecule has 0 spiro atoms. The van der Waals surface area contributed by atoms with Crippen molar-refractivity contribution in [1.29, 1.82) is 0 Å². The second-order valence-electron chi connectivity index (χ2n) is 12.7. The Morgan fingerprint density at radius 1 is 1.09 bits per heavy atom. The number of Topliss-reactive ketones (excluding diaryl/α,β-unsaturated/α-hetero) is 1. The third-order valence-electron chi connectivity index (χ3n) is 11.3. The number of hydrogen-bond acceptors (Lipinski definition) is 5. The van der Waals surface area contributed by atoms with Gasteiger partial charge in [0.25, 0.3) is 0 Å². The highest BCUT2D eigenvalue weighted by molar-refractivity contribution is 5.89. The molecule has 0 aromatic rings. The van der Waals surface area contributed by atoms with Gasteiger partial charge in [0, 0.05) is 18.3 Å². The quantitative estimate of drug-likeness (QED) is 0.548. The number of aliphatic hydroxyl groups is 2. The van der Waals surface area contributed by atoms with Crippen molar-refractivity contribution in [3.63, 3.8) is 0 Å². The van der Waals surface area contributed by atoms with Gasteiger partial charge in [-0.2, -0.15) is 0 Å². The molecule has 5 nitrogen and oxygen atoms in total. The molecular formula is C28H46O5. The largest absolute Gasteiger partial charge is 0.469 e. The van der Waals surface area contributed by atoms with E-state index in [9.17, 15) is 19.8 Å². The van der Waals surface area contributed by atoms with Gasteiger partial charge in [0.05, 0.1) is 19.1 Å². The predicted molar refractivity (Wildman–Crippen MR) is 127 cm³/mol. The maximum atomic E-state index is 13.4. The Balaban J connectivity index is 1.46. The van der Waals surface area contributed by atoms with Crippen LogP contribution >= 0.6 is 0 Å². The van der Waals surface area contributed by atoms with Crippen LogP contribution in [0.5, 0.6) is 0 Å². The number of ketones is 1. The highest BCUT2D eigenvalue weighted by atomic mass is 16.5. The number of fused-ring (bicyclic) bond motifs is 5. The van der Waals surface area contributed by atoms with Crippen molar-refractivity contribution >= 4 is 11.8 Å². The van der Waals surface area contributed by atoms with Gasteiger partial charge in [-0.25, -0.2) is 0 Å². The number of hydrogen-bond donors (Lipinski definition) is 2. The molecule has 4 fully saturated rings. The second-order valence-corrected chi connectivity index (χ2v) is 12.7. The number of carbonyl (C=O) groups is 2. The number of methoxy groups -OCH3 is 1. The summed E-state index contributed by atoms with van der Waals surface area (Å²) in [7, 11) is 1.46. The molecule has 4 saturated carbocycles. The topological polar surface area (TPSA) is 83.8 Å². The predicted octanol–water partition coefficient (Wildman–Crippen LogP) is 4.92. The minimum Gasteiger partial charge on any atom is -0.469 e. The number of aliphatic hydroxyl groups excluding tert-OH is 1. The standard InChI is InChI=1S/C28H46O5/c1-17(7-6-8-18(2)25(31)33-5)21-9-10-22-20-15-24(30)28(32)16-19(29)11-14-27(28,4)23(20)12-13-26(21,22)3/h17-23,29,32H,6-16H2,1-5H3/t17?,18?,19-,20?,21+,22?,23?,26+,27+,28-/m0/s1. The van der Waals surface area contributed by atoms with Gasteiger partial charge in [-0.05, 0) is 80.0 Å². The van der Waals surface area contributed by atoms with Crippen LogP contribution in [0.3, 0.4) is 0 Å². The molecule has 10 atom stereocenters. The lowest BCUT2D eigenvalue weighted by atomic mass is 9.42. The zero-order valence-corrected chi connectivity index (χ0v) is 21.4. The number of carbonyl (C=O) groups excluding carboxylic acids is 2. The maximum Gasteiger partial charge on any atom is 0.308 e. The Morgan fingerprint density at radius 3 is 2.52 bits per heavy atom. The molecule has 0 bridgehead atoms. The van der Waals surface area contributed by atoms with Crippen molar-refractivity contribution < 1.29 is 24.5 Å². The van der Waals surface area contributed by atoms with E-state index in [4.69, 9.17) is 4.74 Å². The van der Waals surface area contributed by atoms with Gasteiger partial charge in [0.15, 0.2) is 5.78 Å². The van der Waals surface area contributed by atoms with E-state index in [1.165, 1.54) is 26.4 Å². The third kappa shape index (κ3) is 3.90. The van der Waals surface area contributed by atoms with Gasteiger partial charge in [0.1, 0.15) is 5.60 Å². The van der Waals surface area contributed by atoms with E-state index in [2.05, 4.69) is 20.8 Å². The fourth-order valence-electron chi connectivity index (χ4n) is 9.26. The third-order valence-corrected chi connectivity index (χ3v) is 11.3. The average molecular weight is 463 g/mol. The molecule has 188 valence electrons. The van der Waals surface area contributed by atoms with Crippen LogP contribution in [0.25, 0.3) is 0 Å². The SMILES string of the molecule is COC(=O)C(C)CCCC(C)[C@H]1CCC2C3CC(=O)[C@@]4(O)C[C@@H](O)CC[C@]4(C)C3CC[C@@]21C. The minimum absolute atomic E-state index is 0.0115. The summed E-state index contributed by atoms with van der Waals surface area (Å²) in [5, 5.41) is 21.8. The maximum absolute atomic E-state index is 13.4. The van der Waals surface area contributed by atoms with Crippen molar-refractivity contribution in [3.8, 4) is 0 Å². The monoisotopic (exact) mass is 462 g/mol. The van der Waals surface area contributed by atoms with Gasteiger partial charge >= 0.3 is 5.97 Å². The highest BCUT2D eigenvalue weighted by Gasteiger charge is 2.67. The van der Waals surface area contributed by atoms with Gasteiger partial charge in [0.2, 0.25) is 0 Å². The Morgan fingerprint density at radius 2 is 1.82 bits per heavy atom. The molecule has 5 unspecified atom stereocenters. The second kappa shape index (κ2) is 8.93. The summed E-state index contributed by atoms with van der Waals surface area (Å²) in [6.07, 6.45) is 9.34. The van der Waals surface area contributed by atoms with E-state index in [0.29, 0.717) is 42.4 Å². The van der Waals surface area contributed by atoms with Crippen LogP contribution in [-0.4, -0.2) is 40.8 Å². The molecule has 4 aliphatic rings. The van der Waals surface area contributed by atoms with E-state index in [1.807, 2.05) is 6.92 Å². The van der Waals surface area contributed by atoms with Gasteiger partial charge in [-0.15, -0.1) is 0 Å². The molecule has 0 radical (unpaired) electrons. The van der Waals surface area contributed by atoms with Crippen molar-refractivity contribution in [3.05, 3.63) is 0 Å². The van der Waals surface area contributed by atoms with Crippen LogP contribution < -0.4 is 0 Å². The first-order valence-electron chi connectivity index (χ1n) is 13.5. The lowest BCUT2D eigenvalue weighted by Crippen LogP contribution is -2.67. The molecule has 5 heteroatoms. The normalized spacial score (nSPS) is 46.6. The van der Waals surface area contributed by atoms with Crippen LogP contribution in [0.4, 0.5) is 0 Å². The molecule has 33 heavy (non-hydrogen) atoms.